The number of amides is 3. The minimum absolute atomic E-state index is 0.00549. The number of carboxylic acid groups (broad SMARTS) is 1. The third kappa shape index (κ3) is 10.9. The van der Waals surface area contributed by atoms with Crippen molar-refractivity contribution in [2.75, 3.05) is 28.3 Å². The monoisotopic (exact) mass is 757 g/mol. The second kappa shape index (κ2) is 20.0. The number of carboxylic acids is 1. The van der Waals surface area contributed by atoms with E-state index in [2.05, 4.69) is 17.6 Å². The van der Waals surface area contributed by atoms with Crippen LogP contribution in [0.15, 0.2) is 24.3 Å². The summed E-state index contributed by atoms with van der Waals surface area (Å²) in [6, 6.07) is 5.27. The van der Waals surface area contributed by atoms with Gasteiger partial charge in [-0.2, -0.15) is 0 Å². The molecule has 3 amide bonds. The van der Waals surface area contributed by atoms with Crippen LogP contribution in [-0.4, -0.2) is 115 Å². The van der Waals surface area contributed by atoms with Crippen molar-refractivity contribution in [1.82, 2.24) is 20.4 Å². The van der Waals surface area contributed by atoms with E-state index < -0.39 is 48.0 Å². The Bertz CT molecular complexity index is 1430. The number of Topliss-reactive ketones (excluding diaryl/α,β-unsaturated/α-hetero) is 1. The maximum Gasteiger partial charge on any atom is 0.326 e. The predicted octanol–water partition coefficient (Wildman–Crippen LogP) is 4.50. The largest absolute Gasteiger partial charge is 0.480 e. The summed E-state index contributed by atoms with van der Waals surface area (Å²) >= 11 is 0. The van der Waals surface area contributed by atoms with Gasteiger partial charge in [0.1, 0.15) is 6.04 Å². The van der Waals surface area contributed by atoms with Crippen LogP contribution in [0, 0.1) is 42.4 Å². The molecule has 12 nitrogen and oxygen atoms in total. The number of rotatable bonds is 22. The number of aryl methyl sites for hydroxylation is 1. The lowest BCUT2D eigenvalue weighted by Crippen LogP contribution is -2.55. The van der Waals surface area contributed by atoms with Gasteiger partial charge in [0, 0.05) is 46.1 Å². The third-order valence-electron chi connectivity index (χ3n) is 12.1. The van der Waals surface area contributed by atoms with Crippen molar-refractivity contribution < 1.29 is 38.6 Å². The van der Waals surface area contributed by atoms with Gasteiger partial charge in [0.2, 0.25) is 17.7 Å². The molecule has 3 N–H and O–H groups in total. The first-order valence-corrected chi connectivity index (χ1v) is 19.8. The summed E-state index contributed by atoms with van der Waals surface area (Å²) in [5.41, 5.74) is 1.86. The molecule has 1 saturated heterocycles. The number of piperidine rings is 1. The SMILES string of the molecule is CC[C@H](C)[C@@H]([C@@H](CC(=O)N1[C@H]2C[C@H]2C[C@H]1[C@H](OC)[C@@H](C)C(=O)N[C@@H](Cc1ccc(C)cc1)C(=O)O)OC)N(C)C(=O)[C@@H](CC(=O)[C@@H](NC)C(C)C)C(C)C. The van der Waals surface area contributed by atoms with E-state index in [-0.39, 0.29) is 72.7 Å². The fraction of sp³-hybridized carbons (Fsp3) is 0.738. The molecule has 2 fully saturated rings. The molecule has 0 bridgehead atoms. The molecule has 0 aromatic heterocycles. The number of nitrogens with zero attached hydrogens (tertiary/aromatic N) is 2. The van der Waals surface area contributed by atoms with Crippen LogP contribution in [0.4, 0.5) is 0 Å². The van der Waals surface area contributed by atoms with Crippen LogP contribution < -0.4 is 10.6 Å². The van der Waals surface area contributed by atoms with Gasteiger partial charge in [-0.3, -0.25) is 19.2 Å². The van der Waals surface area contributed by atoms with Gasteiger partial charge in [-0.05, 0) is 56.0 Å². The van der Waals surface area contributed by atoms with E-state index in [1.165, 1.54) is 7.11 Å². The first kappa shape index (κ1) is 45.0. The summed E-state index contributed by atoms with van der Waals surface area (Å²) in [6.45, 7) is 15.7. The fourth-order valence-corrected chi connectivity index (χ4v) is 8.55. The lowest BCUT2D eigenvalue weighted by Gasteiger charge is -2.41. The van der Waals surface area contributed by atoms with Crippen molar-refractivity contribution in [3.8, 4) is 0 Å². The molecule has 0 unspecified atom stereocenters. The topological polar surface area (TPSA) is 155 Å². The molecular formula is C42H68N4O8. The quantitative estimate of drug-likeness (QED) is 0.155. The summed E-state index contributed by atoms with van der Waals surface area (Å²) < 4.78 is 12.0. The van der Waals surface area contributed by atoms with Crippen LogP contribution in [0.1, 0.15) is 91.7 Å². The molecular weight excluding hydrogens is 688 g/mol. The number of carbonyl (C=O) groups is 5. The van der Waals surface area contributed by atoms with E-state index >= 15 is 0 Å². The molecule has 1 saturated carbocycles. The Morgan fingerprint density at radius 3 is 2.07 bits per heavy atom. The molecule has 1 aromatic rings. The zero-order valence-corrected chi connectivity index (χ0v) is 34.8. The Morgan fingerprint density at radius 1 is 0.944 bits per heavy atom. The third-order valence-corrected chi connectivity index (χ3v) is 12.1. The Kier molecular flexibility index (Phi) is 16.7. The molecule has 54 heavy (non-hydrogen) atoms. The molecule has 0 radical (unpaired) electrons. The van der Waals surface area contributed by atoms with E-state index in [0.29, 0.717) is 12.3 Å². The summed E-state index contributed by atoms with van der Waals surface area (Å²) in [5.74, 6) is -2.82. The van der Waals surface area contributed by atoms with Crippen molar-refractivity contribution in [2.45, 2.75) is 136 Å². The van der Waals surface area contributed by atoms with E-state index in [0.717, 1.165) is 24.0 Å². The van der Waals surface area contributed by atoms with Gasteiger partial charge in [-0.15, -0.1) is 0 Å². The summed E-state index contributed by atoms with van der Waals surface area (Å²) in [4.78, 5) is 71.3. The van der Waals surface area contributed by atoms with Crippen LogP contribution in [0.25, 0.3) is 0 Å². The van der Waals surface area contributed by atoms with Gasteiger partial charge in [-0.25, -0.2) is 4.79 Å². The van der Waals surface area contributed by atoms with Gasteiger partial charge >= 0.3 is 5.97 Å². The number of nitrogens with one attached hydrogen (secondary N) is 2. The predicted molar refractivity (Wildman–Crippen MR) is 209 cm³/mol. The van der Waals surface area contributed by atoms with Gasteiger partial charge in [-0.1, -0.05) is 84.7 Å². The lowest BCUT2D eigenvalue weighted by atomic mass is 9.84. The molecule has 12 heteroatoms. The Morgan fingerprint density at radius 2 is 1.57 bits per heavy atom. The first-order chi connectivity index (χ1) is 25.4. The molecule has 1 aliphatic carbocycles. The van der Waals surface area contributed by atoms with Crippen molar-refractivity contribution in [1.29, 1.82) is 0 Å². The van der Waals surface area contributed by atoms with E-state index in [1.807, 2.05) is 70.7 Å². The van der Waals surface area contributed by atoms with Crippen LogP contribution >= 0.6 is 0 Å². The van der Waals surface area contributed by atoms with Crippen LogP contribution in [0.3, 0.4) is 0 Å². The highest BCUT2D eigenvalue weighted by atomic mass is 16.5. The van der Waals surface area contributed by atoms with E-state index in [4.69, 9.17) is 9.47 Å². The number of likely N-dealkylation sites (tertiary alicyclic amines) is 1. The highest BCUT2D eigenvalue weighted by Gasteiger charge is 2.57. The highest BCUT2D eigenvalue weighted by molar-refractivity contribution is 5.90. The molecule has 1 aliphatic heterocycles. The van der Waals surface area contributed by atoms with Gasteiger partial charge in [0.05, 0.1) is 42.7 Å². The Balaban J connectivity index is 1.80. The molecule has 1 aromatic carbocycles. The number of hydrogen-bond donors (Lipinski definition) is 3. The van der Waals surface area contributed by atoms with E-state index in [9.17, 15) is 29.1 Å². The van der Waals surface area contributed by atoms with Crippen molar-refractivity contribution in [3.05, 3.63) is 35.4 Å². The fourth-order valence-electron chi connectivity index (χ4n) is 8.55. The number of ether oxygens (including phenoxy) is 2. The maximum atomic E-state index is 14.4. The molecule has 1 heterocycles. The number of aliphatic carboxylic acids is 1. The highest BCUT2D eigenvalue weighted by Crippen LogP contribution is 2.50. The summed E-state index contributed by atoms with van der Waals surface area (Å²) in [6.07, 6.45) is 1.29. The zero-order valence-electron chi connectivity index (χ0n) is 34.8. The van der Waals surface area contributed by atoms with Gasteiger partial charge in [0.15, 0.2) is 5.78 Å². The van der Waals surface area contributed by atoms with Gasteiger partial charge < -0.3 is 35.0 Å². The van der Waals surface area contributed by atoms with Crippen molar-refractivity contribution in [3.63, 3.8) is 0 Å². The smallest absolute Gasteiger partial charge is 0.326 e. The Labute approximate surface area is 323 Å². The number of fused-ring (bicyclic) bond motifs is 1. The van der Waals surface area contributed by atoms with E-state index in [1.54, 1.807) is 33.0 Å². The number of benzene rings is 1. The van der Waals surface area contributed by atoms with Crippen LogP contribution in [-0.2, 0) is 39.9 Å². The minimum Gasteiger partial charge on any atom is -0.480 e. The summed E-state index contributed by atoms with van der Waals surface area (Å²) in [7, 11) is 6.61. The summed E-state index contributed by atoms with van der Waals surface area (Å²) in [5, 5.41) is 15.8. The van der Waals surface area contributed by atoms with Crippen LogP contribution in [0.5, 0.6) is 0 Å². The minimum atomic E-state index is -1.13. The second-order valence-electron chi connectivity index (χ2n) is 16.6. The number of hydrogen-bond acceptors (Lipinski definition) is 8. The first-order valence-electron chi connectivity index (χ1n) is 19.8. The second-order valence-corrected chi connectivity index (χ2v) is 16.6. The number of carbonyl (C=O) groups excluding carboxylic acids is 4. The molecule has 3 rings (SSSR count). The standard InChI is InChI=1S/C42H68N4O8/c1-13-26(7)38(45(10)41(50)30(23(2)3)21-34(47)37(43-9)24(4)5)35(53-11)22-36(48)46-32-19-29(32)20-33(46)39(54-12)27(8)40(49)44-31(42(51)52)18-28-16-14-25(6)15-17-28/h14-17,23-24,26-27,29-33,35,37-39,43H,13,18-22H2,1-12H3,(H,44,49)(H,51,52)/t26-,27+,29-,30-,31-,32-,33-,35+,37-,38-,39+/m0/s1. The average Bonchev–Trinajstić information content (AvgIpc) is 3.78. The van der Waals surface area contributed by atoms with Crippen molar-refractivity contribution in [2.24, 2.45) is 35.5 Å². The molecule has 2 aliphatic rings. The number of ketones is 1. The normalized spacial score (nSPS) is 22.4. The molecule has 304 valence electrons. The lowest BCUT2D eigenvalue weighted by molar-refractivity contribution is -0.150. The van der Waals surface area contributed by atoms with Gasteiger partial charge in [0.25, 0.3) is 0 Å². The maximum absolute atomic E-state index is 14.4. The molecule has 11 atom stereocenters. The number of likely N-dealkylation sites (N-methyl/N-ethyl adjacent to an activating group) is 2. The average molecular weight is 757 g/mol. The van der Waals surface area contributed by atoms with Crippen LogP contribution in [0.2, 0.25) is 0 Å². The van der Waals surface area contributed by atoms with Crippen molar-refractivity contribution >= 4 is 29.5 Å². The number of methoxy groups -OCH3 is 2. The zero-order chi connectivity index (χ0) is 40.6. The molecule has 0 spiro atoms. The Hall–Kier alpha value is -3.35.